The van der Waals surface area contributed by atoms with Gasteiger partial charge in [0.05, 0.1) is 6.54 Å². The molecule has 0 aliphatic heterocycles. The maximum Gasteiger partial charge on any atom is 0.146 e. The van der Waals surface area contributed by atoms with Crippen molar-refractivity contribution in [3.05, 3.63) is 35.9 Å². The van der Waals surface area contributed by atoms with Gasteiger partial charge in [-0.15, -0.1) is 0 Å². The summed E-state index contributed by atoms with van der Waals surface area (Å²) < 4.78 is 0. The van der Waals surface area contributed by atoms with Crippen LogP contribution in [-0.2, 0) is 11.2 Å². The standard InChI is InChI=1S/C14H19NO/c16-14(11-15-13-9-10-13)8-4-7-12-5-2-1-3-6-12/h1-3,5-6,13,15H,4,7-11H2. The fourth-order valence-corrected chi connectivity index (χ4v) is 1.77. The van der Waals surface area contributed by atoms with Crippen molar-refractivity contribution in [2.24, 2.45) is 0 Å². The van der Waals surface area contributed by atoms with Crippen molar-refractivity contribution in [2.45, 2.75) is 38.1 Å². The summed E-state index contributed by atoms with van der Waals surface area (Å²) in [6, 6.07) is 11.0. The molecule has 1 fully saturated rings. The quantitative estimate of drug-likeness (QED) is 0.759. The van der Waals surface area contributed by atoms with Gasteiger partial charge < -0.3 is 5.32 Å². The highest BCUT2D eigenvalue weighted by Gasteiger charge is 2.20. The van der Waals surface area contributed by atoms with Crippen LogP contribution in [0, 0.1) is 0 Å². The molecule has 0 spiro atoms. The van der Waals surface area contributed by atoms with Crippen LogP contribution in [0.1, 0.15) is 31.2 Å². The van der Waals surface area contributed by atoms with Gasteiger partial charge in [-0.05, 0) is 31.2 Å². The van der Waals surface area contributed by atoms with Crippen molar-refractivity contribution in [3.8, 4) is 0 Å². The minimum absolute atomic E-state index is 0.350. The molecule has 2 nitrogen and oxygen atoms in total. The van der Waals surface area contributed by atoms with Crippen LogP contribution in [-0.4, -0.2) is 18.4 Å². The molecule has 86 valence electrons. The first kappa shape index (κ1) is 11.3. The zero-order valence-electron chi connectivity index (χ0n) is 9.61. The van der Waals surface area contributed by atoms with E-state index >= 15 is 0 Å². The van der Waals surface area contributed by atoms with E-state index in [4.69, 9.17) is 0 Å². The van der Waals surface area contributed by atoms with Crippen molar-refractivity contribution >= 4 is 5.78 Å². The molecule has 0 atom stereocenters. The number of aryl methyl sites for hydroxylation is 1. The van der Waals surface area contributed by atoms with E-state index in [1.54, 1.807) is 0 Å². The molecule has 0 heterocycles. The van der Waals surface area contributed by atoms with Crippen LogP contribution in [0.5, 0.6) is 0 Å². The Kier molecular flexibility index (Phi) is 4.11. The summed E-state index contributed by atoms with van der Waals surface area (Å²) in [5.74, 6) is 0.350. The molecule has 0 aromatic heterocycles. The minimum Gasteiger partial charge on any atom is -0.307 e. The Balaban J connectivity index is 1.58. The second-order valence-corrected chi connectivity index (χ2v) is 4.53. The van der Waals surface area contributed by atoms with Gasteiger partial charge in [-0.25, -0.2) is 0 Å². The molecule has 0 bridgehead atoms. The van der Waals surface area contributed by atoms with Gasteiger partial charge in [0.2, 0.25) is 0 Å². The predicted octanol–water partition coefficient (Wildman–Crippen LogP) is 2.33. The van der Waals surface area contributed by atoms with Gasteiger partial charge in [-0.2, -0.15) is 0 Å². The molecule has 16 heavy (non-hydrogen) atoms. The molecule has 0 unspecified atom stereocenters. The van der Waals surface area contributed by atoms with E-state index in [0.29, 0.717) is 24.8 Å². The monoisotopic (exact) mass is 217 g/mol. The van der Waals surface area contributed by atoms with E-state index in [9.17, 15) is 4.79 Å². The van der Waals surface area contributed by atoms with Gasteiger partial charge in [0.1, 0.15) is 5.78 Å². The first-order valence-corrected chi connectivity index (χ1v) is 6.13. The van der Waals surface area contributed by atoms with Crippen molar-refractivity contribution < 1.29 is 4.79 Å². The van der Waals surface area contributed by atoms with Crippen molar-refractivity contribution in [3.63, 3.8) is 0 Å². The lowest BCUT2D eigenvalue weighted by atomic mass is 10.1. The Bertz CT molecular complexity index is 330. The molecule has 2 heteroatoms. The van der Waals surface area contributed by atoms with Gasteiger partial charge in [-0.1, -0.05) is 30.3 Å². The van der Waals surface area contributed by atoms with Gasteiger partial charge in [-0.3, -0.25) is 4.79 Å². The molecule has 2 rings (SSSR count). The number of ketones is 1. The number of hydrogen-bond donors (Lipinski definition) is 1. The van der Waals surface area contributed by atoms with Crippen LogP contribution in [0.25, 0.3) is 0 Å². The fraction of sp³-hybridized carbons (Fsp3) is 0.500. The normalized spacial score (nSPS) is 15.0. The zero-order chi connectivity index (χ0) is 11.2. The molecule has 1 aliphatic rings. The van der Waals surface area contributed by atoms with E-state index in [0.717, 1.165) is 12.8 Å². The molecular weight excluding hydrogens is 198 g/mol. The van der Waals surface area contributed by atoms with E-state index in [-0.39, 0.29) is 0 Å². The molecule has 1 aromatic rings. The Hall–Kier alpha value is -1.15. The van der Waals surface area contributed by atoms with Crippen LogP contribution in [0.3, 0.4) is 0 Å². The van der Waals surface area contributed by atoms with Crippen LogP contribution >= 0.6 is 0 Å². The van der Waals surface area contributed by atoms with E-state index in [2.05, 4.69) is 17.4 Å². The Labute approximate surface area is 97.1 Å². The average Bonchev–Trinajstić information content (AvgIpc) is 3.12. The van der Waals surface area contributed by atoms with Crippen molar-refractivity contribution in [1.82, 2.24) is 5.32 Å². The number of rotatable bonds is 7. The first-order chi connectivity index (χ1) is 7.84. The largest absolute Gasteiger partial charge is 0.307 e. The highest BCUT2D eigenvalue weighted by atomic mass is 16.1. The van der Waals surface area contributed by atoms with E-state index in [1.165, 1.54) is 18.4 Å². The lowest BCUT2D eigenvalue weighted by molar-refractivity contribution is -0.118. The number of hydrogen-bond acceptors (Lipinski definition) is 2. The summed E-state index contributed by atoms with van der Waals surface area (Å²) in [6.07, 6.45) is 5.18. The van der Waals surface area contributed by atoms with Crippen LogP contribution in [0.4, 0.5) is 0 Å². The summed E-state index contributed by atoms with van der Waals surface area (Å²) >= 11 is 0. The molecule has 0 radical (unpaired) electrons. The zero-order valence-corrected chi connectivity index (χ0v) is 9.61. The minimum atomic E-state index is 0.350. The molecule has 0 amide bonds. The van der Waals surface area contributed by atoms with E-state index in [1.807, 2.05) is 18.2 Å². The summed E-state index contributed by atoms with van der Waals surface area (Å²) in [5, 5.41) is 3.26. The molecule has 1 N–H and O–H groups in total. The first-order valence-electron chi connectivity index (χ1n) is 6.13. The Morgan fingerprint density at radius 2 is 2.00 bits per heavy atom. The SMILES string of the molecule is O=C(CCCc1ccccc1)CNC1CC1. The Morgan fingerprint density at radius 1 is 1.25 bits per heavy atom. The maximum absolute atomic E-state index is 11.5. The summed E-state index contributed by atoms with van der Waals surface area (Å²) in [6.45, 7) is 0.569. The molecular formula is C14H19NO. The molecule has 1 aromatic carbocycles. The molecule has 0 saturated heterocycles. The summed E-state index contributed by atoms with van der Waals surface area (Å²) in [7, 11) is 0. The number of benzene rings is 1. The van der Waals surface area contributed by atoms with Gasteiger partial charge in [0.15, 0.2) is 0 Å². The third kappa shape index (κ3) is 4.15. The highest BCUT2D eigenvalue weighted by Crippen LogP contribution is 2.18. The average molecular weight is 217 g/mol. The number of Topliss-reactive ketones (excluding diaryl/α,β-unsaturated/α-hetero) is 1. The van der Waals surface area contributed by atoms with Crippen LogP contribution in [0.15, 0.2) is 30.3 Å². The van der Waals surface area contributed by atoms with Crippen molar-refractivity contribution in [1.29, 1.82) is 0 Å². The molecule has 1 aliphatic carbocycles. The predicted molar refractivity (Wildman–Crippen MR) is 65.4 cm³/mol. The van der Waals surface area contributed by atoms with Gasteiger partial charge in [0, 0.05) is 12.5 Å². The topological polar surface area (TPSA) is 29.1 Å². The smallest absolute Gasteiger partial charge is 0.146 e. The van der Waals surface area contributed by atoms with Crippen molar-refractivity contribution in [2.75, 3.05) is 6.54 Å². The second kappa shape index (κ2) is 5.80. The Morgan fingerprint density at radius 3 is 2.69 bits per heavy atom. The fourth-order valence-electron chi connectivity index (χ4n) is 1.77. The maximum atomic E-state index is 11.5. The van der Waals surface area contributed by atoms with Crippen LogP contribution in [0.2, 0.25) is 0 Å². The third-order valence-electron chi connectivity index (χ3n) is 2.93. The summed E-state index contributed by atoms with van der Waals surface area (Å²) in [4.78, 5) is 11.5. The lowest BCUT2D eigenvalue weighted by Crippen LogP contribution is -2.24. The lowest BCUT2D eigenvalue weighted by Gasteiger charge is -2.02. The second-order valence-electron chi connectivity index (χ2n) is 4.53. The summed E-state index contributed by atoms with van der Waals surface area (Å²) in [5.41, 5.74) is 1.32. The van der Waals surface area contributed by atoms with E-state index < -0.39 is 0 Å². The number of carbonyl (C=O) groups excluding carboxylic acids is 1. The number of carbonyl (C=O) groups is 1. The van der Waals surface area contributed by atoms with Crippen LogP contribution < -0.4 is 5.32 Å². The van der Waals surface area contributed by atoms with Gasteiger partial charge in [0.25, 0.3) is 0 Å². The third-order valence-corrected chi connectivity index (χ3v) is 2.93. The van der Waals surface area contributed by atoms with Gasteiger partial charge >= 0.3 is 0 Å². The number of nitrogens with one attached hydrogen (secondary N) is 1. The highest BCUT2D eigenvalue weighted by molar-refractivity contribution is 5.80. The molecule has 1 saturated carbocycles.